The Hall–Kier alpha value is -0.940. The zero-order valence-corrected chi connectivity index (χ0v) is 9.03. The van der Waals surface area contributed by atoms with Gasteiger partial charge >= 0.3 is 0 Å². The molecule has 0 aromatic rings. The van der Waals surface area contributed by atoms with E-state index in [1.54, 1.807) is 0 Å². The van der Waals surface area contributed by atoms with E-state index in [1.165, 1.54) is 0 Å². The Morgan fingerprint density at radius 2 is 1.87 bits per heavy atom. The predicted molar refractivity (Wildman–Crippen MR) is 55.2 cm³/mol. The third-order valence-electron chi connectivity index (χ3n) is 3.19. The van der Waals surface area contributed by atoms with Gasteiger partial charge < -0.3 is 4.90 Å². The second kappa shape index (κ2) is 4.28. The van der Waals surface area contributed by atoms with Crippen LogP contribution in [0.25, 0.3) is 0 Å². The largest absolute Gasteiger partial charge is 0.304 e. The number of imide groups is 1. The highest BCUT2D eigenvalue weighted by atomic mass is 16.2. The predicted octanol–water partition coefficient (Wildman–Crippen LogP) is -0.961. The number of carbonyl (C=O) groups excluding carboxylic acids is 2. The number of likely N-dealkylation sites (N-methyl/N-ethyl adjacent to an activating group) is 1. The van der Waals surface area contributed by atoms with Gasteiger partial charge in [0.15, 0.2) is 0 Å². The summed E-state index contributed by atoms with van der Waals surface area (Å²) in [5.74, 6) is -0.249. The van der Waals surface area contributed by atoms with Crippen LogP contribution < -0.4 is 5.32 Å². The molecule has 0 unspecified atom stereocenters. The van der Waals surface area contributed by atoms with Crippen LogP contribution in [0.5, 0.6) is 0 Å². The molecule has 2 heterocycles. The van der Waals surface area contributed by atoms with Crippen LogP contribution >= 0.6 is 0 Å². The minimum Gasteiger partial charge on any atom is -0.304 e. The smallest absolute Gasteiger partial charge is 0.243 e. The molecule has 0 aromatic carbocycles. The molecule has 0 spiro atoms. The van der Waals surface area contributed by atoms with Crippen LogP contribution in [-0.2, 0) is 9.59 Å². The van der Waals surface area contributed by atoms with E-state index in [0.29, 0.717) is 12.8 Å². The van der Waals surface area contributed by atoms with Crippen molar-refractivity contribution >= 4 is 11.8 Å². The summed E-state index contributed by atoms with van der Waals surface area (Å²) in [7, 11) is 2.09. The molecular formula is C10H17N3O2. The van der Waals surface area contributed by atoms with Crippen molar-refractivity contribution in [3.8, 4) is 0 Å². The highest BCUT2D eigenvalue weighted by Crippen LogP contribution is 2.14. The van der Waals surface area contributed by atoms with Gasteiger partial charge in [0.05, 0.1) is 6.04 Å². The summed E-state index contributed by atoms with van der Waals surface area (Å²) in [6.45, 7) is 3.83. The molecule has 15 heavy (non-hydrogen) atoms. The van der Waals surface area contributed by atoms with E-state index < -0.39 is 0 Å². The van der Waals surface area contributed by atoms with E-state index in [2.05, 4.69) is 22.2 Å². The average Bonchev–Trinajstić information content (AvgIpc) is 2.20. The van der Waals surface area contributed by atoms with Gasteiger partial charge in [-0.05, 0) is 13.5 Å². The van der Waals surface area contributed by atoms with Crippen molar-refractivity contribution in [1.29, 1.82) is 0 Å². The Morgan fingerprint density at radius 1 is 1.20 bits per heavy atom. The van der Waals surface area contributed by atoms with E-state index in [1.807, 2.05) is 0 Å². The zero-order chi connectivity index (χ0) is 10.8. The van der Waals surface area contributed by atoms with Crippen LogP contribution in [0.1, 0.15) is 12.8 Å². The molecule has 5 heteroatoms. The molecule has 2 fully saturated rings. The lowest BCUT2D eigenvalue weighted by Gasteiger charge is -2.38. The molecule has 84 valence electrons. The van der Waals surface area contributed by atoms with Gasteiger partial charge in [0.25, 0.3) is 0 Å². The van der Waals surface area contributed by atoms with Gasteiger partial charge in [0, 0.05) is 32.6 Å². The molecular weight excluding hydrogens is 194 g/mol. The van der Waals surface area contributed by atoms with Crippen molar-refractivity contribution in [1.82, 2.24) is 15.1 Å². The maximum Gasteiger partial charge on any atom is 0.243 e. The van der Waals surface area contributed by atoms with E-state index in [9.17, 15) is 9.59 Å². The molecule has 2 aliphatic heterocycles. The minimum absolute atomic E-state index is 0.0867. The highest BCUT2D eigenvalue weighted by Gasteiger charge is 2.32. The number of piperazine rings is 1. The van der Waals surface area contributed by atoms with E-state index >= 15 is 0 Å². The molecule has 2 rings (SSSR count). The standard InChI is InChI=1S/C10H17N3O2/c1-12-4-6-13(7-5-12)8-2-3-9(14)11-10(8)15/h8H,2-7H2,1H3,(H,11,14,15)/t8-/m1/s1. The molecule has 2 aliphatic rings. The monoisotopic (exact) mass is 211 g/mol. The molecule has 0 aromatic heterocycles. The second-order valence-electron chi connectivity index (χ2n) is 4.31. The lowest BCUT2D eigenvalue weighted by molar-refractivity contribution is -0.138. The number of nitrogens with zero attached hydrogens (tertiary/aromatic N) is 2. The van der Waals surface area contributed by atoms with Gasteiger partial charge in [-0.3, -0.25) is 19.8 Å². The molecule has 1 atom stereocenters. The first-order chi connectivity index (χ1) is 7.16. The number of rotatable bonds is 1. The van der Waals surface area contributed by atoms with Crippen LogP contribution in [-0.4, -0.2) is 60.9 Å². The Morgan fingerprint density at radius 3 is 2.47 bits per heavy atom. The third-order valence-corrected chi connectivity index (χ3v) is 3.19. The first-order valence-corrected chi connectivity index (χ1v) is 5.43. The fourth-order valence-corrected chi connectivity index (χ4v) is 2.16. The van der Waals surface area contributed by atoms with Gasteiger partial charge in [0.1, 0.15) is 0 Å². The van der Waals surface area contributed by atoms with Crippen LogP contribution in [0.3, 0.4) is 0 Å². The van der Waals surface area contributed by atoms with E-state index in [0.717, 1.165) is 26.2 Å². The quantitative estimate of drug-likeness (QED) is 0.568. The van der Waals surface area contributed by atoms with Crippen LogP contribution in [0.4, 0.5) is 0 Å². The Kier molecular flexibility index (Phi) is 3.02. The molecule has 0 aliphatic carbocycles. The van der Waals surface area contributed by atoms with Crippen LogP contribution in [0.2, 0.25) is 0 Å². The summed E-state index contributed by atoms with van der Waals surface area (Å²) in [4.78, 5) is 27.0. The van der Waals surface area contributed by atoms with Gasteiger partial charge in [0.2, 0.25) is 11.8 Å². The maximum absolute atomic E-state index is 11.6. The van der Waals surface area contributed by atoms with E-state index in [-0.39, 0.29) is 17.9 Å². The van der Waals surface area contributed by atoms with Crippen LogP contribution in [0.15, 0.2) is 0 Å². The summed E-state index contributed by atoms with van der Waals surface area (Å²) in [5.41, 5.74) is 0. The Balaban J connectivity index is 1.93. The molecule has 0 bridgehead atoms. The van der Waals surface area contributed by atoms with Gasteiger partial charge in [-0.15, -0.1) is 0 Å². The number of amides is 2. The normalized spacial score (nSPS) is 30.3. The zero-order valence-electron chi connectivity index (χ0n) is 9.03. The lowest BCUT2D eigenvalue weighted by Crippen LogP contribution is -2.57. The summed E-state index contributed by atoms with van der Waals surface area (Å²) < 4.78 is 0. The van der Waals surface area contributed by atoms with Crippen molar-refractivity contribution in [3.05, 3.63) is 0 Å². The third kappa shape index (κ3) is 2.35. The summed E-state index contributed by atoms with van der Waals surface area (Å²) >= 11 is 0. The highest BCUT2D eigenvalue weighted by molar-refractivity contribution is 6.00. The minimum atomic E-state index is -0.134. The SMILES string of the molecule is CN1CCN([C@@H]2CCC(=O)NC2=O)CC1. The second-order valence-corrected chi connectivity index (χ2v) is 4.31. The number of piperidine rings is 1. The van der Waals surface area contributed by atoms with Crippen molar-refractivity contribution in [2.75, 3.05) is 33.2 Å². The van der Waals surface area contributed by atoms with Gasteiger partial charge in [-0.1, -0.05) is 0 Å². The van der Waals surface area contributed by atoms with Crippen molar-refractivity contribution in [2.24, 2.45) is 0 Å². The lowest BCUT2D eigenvalue weighted by atomic mass is 10.0. The maximum atomic E-state index is 11.6. The molecule has 1 N–H and O–H groups in total. The Bertz CT molecular complexity index is 272. The van der Waals surface area contributed by atoms with E-state index in [4.69, 9.17) is 0 Å². The number of hydrogen-bond acceptors (Lipinski definition) is 4. The van der Waals surface area contributed by atoms with Gasteiger partial charge in [-0.25, -0.2) is 0 Å². The molecule has 0 radical (unpaired) electrons. The van der Waals surface area contributed by atoms with Gasteiger partial charge in [-0.2, -0.15) is 0 Å². The average molecular weight is 211 g/mol. The fourth-order valence-electron chi connectivity index (χ4n) is 2.16. The van der Waals surface area contributed by atoms with Crippen LogP contribution in [0, 0.1) is 0 Å². The summed E-state index contributed by atoms with van der Waals surface area (Å²) in [6.07, 6.45) is 1.15. The summed E-state index contributed by atoms with van der Waals surface area (Å²) in [6, 6.07) is -0.0867. The number of nitrogens with one attached hydrogen (secondary N) is 1. The van der Waals surface area contributed by atoms with Crippen molar-refractivity contribution in [3.63, 3.8) is 0 Å². The summed E-state index contributed by atoms with van der Waals surface area (Å²) in [5, 5.41) is 2.40. The molecule has 2 saturated heterocycles. The first-order valence-electron chi connectivity index (χ1n) is 5.43. The molecule has 5 nitrogen and oxygen atoms in total. The first kappa shape index (κ1) is 10.6. The number of carbonyl (C=O) groups is 2. The van der Waals surface area contributed by atoms with Crippen molar-refractivity contribution in [2.45, 2.75) is 18.9 Å². The molecule has 2 amide bonds. The Labute approximate surface area is 89.4 Å². The topological polar surface area (TPSA) is 52.6 Å². The fraction of sp³-hybridized carbons (Fsp3) is 0.800. The molecule has 0 saturated carbocycles. The number of hydrogen-bond donors (Lipinski definition) is 1. The van der Waals surface area contributed by atoms with Crippen molar-refractivity contribution < 1.29 is 9.59 Å².